The monoisotopic (exact) mass is 651 g/mol. The topological polar surface area (TPSA) is 193 Å². The van der Waals surface area contributed by atoms with Gasteiger partial charge in [0, 0.05) is 18.9 Å². The first-order valence-electron chi connectivity index (χ1n) is 15.0. The summed E-state index contributed by atoms with van der Waals surface area (Å²) in [6.07, 6.45) is -1.13. The standard InChI is InChI=1S/C32H37N5O8S/c1-18(2)26(37-32(44)45-17-19-8-4-3-5-9-19)30(43)34-22(12-13-25(38)39)29(42)35-23(16-20-14-15-33-28(20)41)27(40)31-36-21-10-6-7-11-24(21)46-31/h3-11,18,20,22-23,26H,12-17H2,1-2H3,(H,33,41)(H,34,43)(H,35,42)(H,37,44)(H,38,39)/t20-,22-,23-,26-/m0/s1. The van der Waals surface area contributed by atoms with Gasteiger partial charge in [0.05, 0.1) is 16.3 Å². The molecule has 5 N–H and O–H groups in total. The maximum atomic E-state index is 13.7. The van der Waals surface area contributed by atoms with Gasteiger partial charge in [-0.2, -0.15) is 0 Å². The number of aromatic nitrogens is 1. The number of ether oxygens (including phenoxy) is 1. The zero-order chi connectivity index (χ0) is 33.2. The lowest BCUT2D eigenvalue weighted by atomic mass is 9.95. The largest absolute Gasteiger partial charge is 0.481 e. The number of ketones is 1. The number of carbonyl (C=O) groups excluding carboxylic acids is 5. The van der Waals surface area contributed by atoms with Gasteiger partial charge < -0.3 is 31.1 Å². The van der Waals surface area contributed by atoms with E-state index in [2.05, 4.69) is 26.3 Å². The lowest BCUT2D eigenvalue weighted by Gasteiger charge is -2.26. The molecule has 3 aromatic rings. The maximum absolute atomic E-state index is 13.7. The molecule has 0 bridgehead atoms. The highest BCUT2D eigenvalue weighted by molar-refractivity contribution is 7.20. The third-order valence-electron chi connectivity index (χ3n) is 7.54. The van der Waals surface area contributed by atoms with E-state index in [1.54, 1.807) is 50.2 Å². The minimum atomic E-state index is -1.37. The molecule has 13 nitrogen and oxygen atoms in total. The van der Waals surface area contributed by atoms with E-state index in [1.165, 1.54) is 0 Å². The zero-order valence-electron chi connectivity index (χ0n) is 25.5. The number of aliphatic carboxylic acids is 1. The van der Waals surface area contributed by atoms with Gasteiger partial charge in [-0.05, 0) is 42.9 Å². The van der Waals surface area contributed by atoms with Gasteiger partial charge in [-0.25, -0.2) is 9.78 Å². The van der Waals surface area contributed by atoms with Crippen LogP contribution in [0.2, 0.25) is 0 Å². The van der Waals surface area contributed by atoms with Gasteiger partial charge in [-0.1, -0.05) is 56.3 Å². The highest BCUT2D eigenvalue weighted by Crippen LogP contribution is 2.25. The van der Waals surface area contributed by atoms with Crippen LogP contribution in [0, 0.1) is 11.8 Å². The summed E-state index contributed by atoms with van der Waals surface area (Å²) in [4.78, 5) is 81.5. The van der Waals surface area contributed by atoms with Crippen LogP contribution in [0.5, 0.6) is 0 Å². The number of hydrogen-bond donors (Lipinski definition) is 5. The zero-order valence-corrected chi connectivity index (χ0v) is 26.3. The SMILES string of the molecule is CC(C)[C@H](NC(=O)OCc1ccccc1)C(=O)N[C@@H](CCC(=O)O)C(=O)N[C@@H](C[C@@H]1CCNC1=O)C(=O)c1nc2ccccc2s1. The Morgan fingerprint density at radius 2 is 1.67 bits per heavy atom. The molecular weight excluding hydrogens is 614 g/mol. The first kappa shape index (κ1) is 34.0. The second-order valence-electron chi connectivity index (χ2n) is 11.3. The van der Waals surface area contributed by atoms with Crippen molar-refractivity contribution in [3.63, 3.8) is 0 Å². The molecule has 4 rings (SSSR count). The molecule has 0 saturated carbocycles. The number of para-hydroxylation sites is 1. The Kier molecular flexibility index (Phi) is 11.8. The number of amides is 4. The molecule has 4 amide bonds. The number of nitrogens with zero attached hydrogens (tertiary/aromatic N) is 1. The predicted molar refractivity (Wildman–Crippen MR) is 169 cm³/mol. The Bertz CT molecular complexity index is 1540. The van der Waals surface area contributed by atoms with Crippen molar-refractivity contribution in [2.45, 2.75) is 64.3 Å². The van der Waals surface area contributed by atoms with Crippen LogP contribution in [0.3, 0.4) is 0 Å². The first-order chi connectivity index (χ1) is 22.0. The average Bonchev–Trinajstić information content (AvgIpc) is 3.66. The fraction of sp³-hybridized carbons (Fsp3) is 0.406. The van der Waals surface area contributed by atoms with Crippen LogP contribution in [0.1, 0.15) is 54.9 Å². The number of fused-ring (bicyclic) bond motifs is 1. The minimum Gasteiger partial charge on any atom is -0.481 e. The second-order valence-corrected chi connectivity index (χ2v) is 12.4. The third-order valence-corrected chi connectivity index (χ3v) is 8.59. The summed E-state index contributed by atoms with van der Waals surface area (Å²) < 4.78 is 6.02. The lowest BCUT2D eigenvalue weighted by Crippen LogP contribution is -2.57. The number of carboxylic acid groups (broad SMARTS) is 1. The van der Waals surface area contributed by atoms with Gasteiger partial charge in [-0.3, -0.25) is 24.0 Å². The maximum Gasteiger partial charge on any atom is 0.408 e. The lowest BCUT2D eigenvalue weighted by molar-refractivity contribution is -0.138. The number of hydrogen-bond acceptors (Lipinski definition) is 9. The minimum absolute atomic E-state index is 0.00460. The Labute approximate surface area is 269 Å². The molecule has 14 heteroatoms. The number of rotatable bonds is 15. The predicted octanol–water partition coefficient (Wildman–Crippen LogP) is 2.79. The Morgan fingerprint density at radius 1 is 0.978 bits per heavy atom. The number of carboxylic acids is 1. The third kappa shape index (κ3) is 9.33. The van der Waals surface area contributed by atoms with E-state index >= 15 is 0 Å². The van der Waals surface area contributed by atoms with Crippen molar-refractivity contribution in [3.8, 4) is 0 Å². The fourth-order valence-corrected chi connectivity index (χ4v) is 5.97. The van der Waals surface area contributed by atoms with Crippen LogP contribution in [-0.2, 0) is 30.5 Å². The quantitative estimate of drug-likeness (QED) is 0.154. The number of nitrogens with one attached hydrogen (secondary N) is 4. The Balaban J connectivity index is 1.49. The highest BCUT2D eigenvalue weighted by atomic mass is 32.1. The van der Waals surface area contributed by atoms with E-state index in [4.69, 9.17) is 4.74 Å². The van der Waals surface area contributed by atoms with Crippen LogP contribution < -0.4 is 21.3 Å². The van der Waals surface area contributed by atoms with E-state index in [0.29, 0.717) is 18.5 Å². The summed E-state index contributed by atoms with van der Waals surface area (Å²) in [7, 11) is 0. The molecule has 1 aromatic heterocycles. The van der Waals surface area contributed by atoms with Gasteiger partial charge in [-0.15, -0.1) is 11.3 Å². The number of benzene rings is 2. The Morgan fingerprint density at radius 3 is 2.33 bits per heavy atom. The molecule has 244 valence electrons. The van der Waals surface area contributed by atoms with Crippen molar-refractivity contribution >= 4 is 57.1 Å². The molecule has 0 radical (unpaired) electrons. The number of Topliss-reactive ketones (excluding diaryl/α,β-unsaturated/α-hetero) is 1. The van der Waals surface area contributed by atoms with Crippen molar-refractivity contribution in [3.05, 3.63) is 65.2 Å². The van der Waals surface area contributed by atoms with Crippen molar-refractivity contribution in [2.75, 3.05) is 6.54 Å². The molecule has 4 atom stereocenters. The fourth-order valence-electron chi connectivity index (χ4n) is 5.01. The normalized spacial score (nSPS) is 16.2. The van der Waals surface area contributed by atoms with Crippen LogP contribution >= 0.6 is 11.3 Å². The van der Waals surface area contributed by atoms with E-state index in [0.717, 1.165) is 21.6 Å². The molecular formula is C32H37N5O8S. The van der Waals surface area contributed by atoms with Crippen molar-refractivity contribution in [2.24, 2.45) is 11.8 Å². The average molecular weight is 652 g/mol. The molecule has 0 unspecified atom stereocenters. The molecule has 1 fully saturated rings. The summed E-state index contributed by atoms with van der Waals surface area (Å²) in [5.41, 5.74) is 1.36. The van der Waals surface area contributed by atoms with Crippen molar-refractivity contribution < 1.29 is 38.6 Å². The van der Waals surface area contributed by atoms with Gasteiger partial charge in [0.1, 0.15) is 18.7 Å². The van der Waals surface area contributed by atoms with Crippen LogP contribution in [0.15, 0.2) is 54.6 Å². The number of alkyl carbamates (subject to hydrolysis) is 1. The van der Waals surface area contributed by atoms with Gasteiger partial charge in [0.15, 0.2) is 5.01 Å². The first-order valence-corrected chi connectivity index (χ1v) is 15.8. The van der Waals surface area contributed by atoms with Crippen molar-refractivity contribution in [1.82, 2.24) is 26.3 Å². The second kappa shape index (κ2) is 15.9. The van der Waals surface area contributed by atoms with Crippen molar-refractivity contribution in [1.29, 1.82) is 0 Å². The summed E-state index contributed by atoms with van der Waals surface area (Å²) in [6, 6.07) is 12.5. The molecule has 1 aliphatic rings. The molecule has 0 spiro atoms. The summed E-state index contributed by atoms with van der Waals surface area (Å²) in [6.45, 7) is 3.79. The van der Waals surface area contributed by atoms with E-state index in [1.807, 2.05) is 18.2 Å². The molecule has 46 heavy (non-hydrogen) atoms. The number of carbonyl (C=O) groups is 6. The van der Waals surface area contributed by atoms with Gasteiger partial charge in [0.2, 0.25) is 23.5 Å². The molecule has 0 aliphatic carbocycles. The summed E-state index contributed by atoms with van der Waals surface area (Å²) in [5, 5.41) is 19.9. The molecule has 2 heterocycles. The smallest absolute Gasteiger partial charge is 0.408 e. The van der Waals surface area contributed by atoms with E-state index < -0.39 is 66.0 Å². The van der Waals surface area contributed by atoms with Gasteiger partial charge >= 0.3 is 12.1 Å². The Hall–Kier alpha value is -4.85. The highest BCUT2D eigenvalue weighted by Gasteiger charge is 2.36. The molecule has 1 saturated heterocycles. The van der Waals surface area contributed by atoms with Crippen LogP contribution in [0.25, 0.3) is 10.2 Å². The van der Waals surface area contributed by atoms with E-state index in [-0.39, 0.29) is 30.4 Å². The van der Waals surface area contributed by atoms with Gasteiger partial charge in [0.25, 0.3) is 0 Å². The number of thiazole rings is 1. The summed E-state index contributed by atoms with van der Waals surface area (Å²) >= 11 is 1.16. The van der Waals surface area contributed by atoms with E-state index in [9.17, 15) is 33.9 Å². The molecule has 2 aromatic carbocycles. The summed E-state index contributed by atoms with van der Waals surface area (Å²) in [5.74, 6) is -4.44. The van der Waals surface area contributed by atoms with Crippen LogP contribution in [0.4, 0.5) is 4.79 Å². The molecule has 1 aliphatic heterocycles. The van der Waals surface area contributed by atoms with Crippen LogP contribution in [-0.4, -0.2) is 70.3 Å².